The fraction of sp³-hybridized carbons (Fsp3) is 0.300. The molecule has 6 heteroatoms. The summed E-state index contributed by atoms with van der Waals surface area (Å²) in [5, 5.41) is 0.453. The maximum Gasteiger partial charge on any atom is 0.387 e. The van der Waals surface area contributed by atoms with Crippen molar-refractivity contribution < 1.29 is 18.3 Å². The molecule has 0 radical (unpaired) electrons. The molecule has 0 saturated carbocycles. The van der Waals surface area contributed by atoms with E-state index in [0.29, 0.717) is 5.56 Å². The van der Waals surface area contributed by atoms with Crippen molar-refractivity contribution in [3.63, 3.8) is 0 Å². The van der Waals surface area contributed by atoms with E-state index in [1.54, 1.807) is 0 Å². The van der Waals surface area contributed by atoms with Crippen LogP contribution < -0.4 is 4.74 Å². The van der Waals surface area contributed by atoms with Gasteiger partial charge in [0.1, 0.15) is 11.5 Å². The fourth-order valence-corrected chi connectivity index (χ4v) is 1.50. The molecule has 0 aliphatic heterocycles. The SMILES string of the molecule is O=C(CBr)Cc1ccc(Cl)cc1OC(F)F. The lowest BCUT2D eigenvalue weighted by Crippen LogP contribution is -2.08. The molecule has 0 fully saturated rings. The average Bonchev–Trinajstić information content (AvgIpc) is 2.21. The van der Waals surface area contributed by atoms with E-state index < -0.39 is 6.61 Å². The van der Waals surface area contributed by atoms with Crippen molar-refractivity contribution in [1.82, 2.24) is 0 Å². The molecule has 0 amide bonds. The molecule has 16 heavy (non-hydrogen) atoms. The zero-order valence-electron chi connectivity index (χ0n) is 8.05. The number of alkyl halides is 3. The average molecular weight is 314 g/mol. The number of hydrogen-bond donors (Lipinski definition) is 0. The first kappa shape index (κ1) is 13.4. The molecule has 1 aromatic carbocycles. The van der Waals surface area contributed by atoms with Gasteiger partial charge in [0, 0.05) is 17.0 Å². The minimum Gasteiger partial charge on any atom is -0.434 e. The zero-order valence-corrected chi connectivity index (χ0v) is 10.4. The van der Waals surface area contributed by atoms with Gasteiger partial charge in [-0.1, -0.05) is 33.6 Å². The van der Waals surface area contributed by atoms with Crippen molar-refractivity contribution in [3.8, 4) is 5.75 Å². The number of rotatable bonds is 5. The van der Waals surface area contributed by atoms with E-state index in [4.69, 9.17) is 11.6 Å². The Kier molecular flexibility index (Phi) is 5.15. The van der Waals surface area contributed by atoms with Crippen LogP contribution in [0.5, 0.6) is 5.75 Å². The molecule has 0 N–H and O–H groups in total. The molecule has 0 bridgehead atoms. The van der Waals surface area contributed by atoms with Crippen molar-refractivity contribution in [2.24, 2.45) is 0 Å². The quantitative estimate of drug-likeness (QED) is 0.778. The third kappa shape index (κ3) is 4.06. The number of halogens is 4. The van der Waals surface area contributed by atoms with Crippen molar-refractivity contribution >= 4 is 33.3 Å². The van der Waals surface area contributed by atoms with Gasteiger partial charge in [-0.15, -0.1) is 0 Å². The van der Waals surface area contributed by atoms with E-state index >= 15 is 0 Å². The van der Waals surface area contributed by atoms with E-state index in [0.717, 1.165) is 0 Å². The maximum atomic E-state index is 12.1. The van der Waals surface area contributed by atoms with Crippen LogP contribution in [0.25, 0.3) is 0 Å². The van der Waals surface area contributed by atoms with Gasteiger partial charge >= 0.3 is 6.61 Å². The molecular formula is C10H8BrClF2O2. The molecule has 0 aliphatic carbocycles. The molecule has 0 atom stereocenters. The van der Waals surface area contributed by atoms with Crippen molar-refractivity contribution in [2.45, 2.75) is 13.0 Å². The molecule has 0 aromatic heterocycles. The molecule has 0 spiro atoms. The molecule has 0 saturated heterocycles. The van der Waals surface area contributed by atoms with Crippen LogP contribution in [-0.4, -0.2) is 17.7 Å². The minimum atomic E-state index is -2.93. The van der Waals surface area contributed by atoms with Crippen LogP contribution >= 0.6 is 27.5 Å². The summed E-state index contributed by atoms with van der Waals surface area (Å²) in [5.41, 5.74) is 0.397. The van der Waals surface area contributed by atoms with Crippen molar-refractivity contribution in [2.75, 3.05) is 5.33 Å². The molecule has 2 nitrogen and oxygen atoms in total. The Balaban J connectivity index is 2.93. The van der Waals surface area contributed by atoms with Crippen molar-refractivity contribution in [1.29, 1.82) is 0 Å². The molecule has 0 aliphatic rings. The van der Waals surface area contributed by atoms with Gasteiger partial charge in [-0.05, 0) is 12.1 Å². The highest BCUT2D eigenvalue weighted by atomic mass is 79.9. The van der Waals surface area contributed by atoms with Crippen LogP contribution in [0.15, 0.2) is 18.2 Å². The van der Waals surface area contributed by atoms with Gasteiger partial charge < -0.3 is 4.74 Å². The van der Waals surface area contributed by atoms with E-state index in [2.05, 4.69) is 20.7 Å². The summed E-state index contributed by atoms with van der Waals surface area (Å²) in [7, 11) is 0. The van der Waals surface area contributed by atoms with E-state index in [9.17, 15) is 13.6 Å². The lowest BCUT2D eigenvalue weighted by atomic mass is 10.1. The molecule has 88 valence electrons. The standard InChI is InChI=1S/C10H8BrClF2O2/c11-5-8(15)3-6-1-2-7(12)4-9(6)16-10(13)14/h1-2,4,10H,3,5H2. The highest BCUT2D eigenvalue weighted by Gasteiger charge is 2.12. The summed E-state index contributed by atoms with van der Waals surface area (Å²) in [5.74, 6) is -0.182. The lowest BCUT2D eigenvalue weighted by Gasteiger charge is -2.10. The molecule has 1 rings (SSSR count). The number of carbonyl (C=O) groups excluding carboxylic acids is 1. The minimum absolute atomic E-state index is 0.0322. The third-order valence-corrected chi connectivity index (χ3v) is 2.64. The Morgan fingerprint density at radius 2 is 2.19 bits per heavy atom. The van der Waals surface area contributed by atoms with Gasteiger partial charge in [-0.3, -0.25) is 4.79 Å². The highest BCUT2D eigenvalue weighted by Crippen LogP contribution is 2.25. The van der Waals surface area contributed by atoms with Crippen LogP contribution in [0.1, 0.15) is 5.56 Å². The van der Waals surface area contributed by atoms with Gasteiger partial charge in [-0.2, -0.15) is 8.78 Å². The largest absolute Gasteiger partial charge is 0.434 e. The molecule has 0 unspecified atom stereocenters. The second kappa shape index (κ2) is 6.15. The summed E-state index contributed by atoms with van der Waals surface area (Å²) in [6.07, 6.45) is 0.0322. The highest BCUT2D eigenvalue weighted by molar-refractivity contribution is 9.09. The van der Waals surface area contributed by atoms with Gasteiger partial charge in [0.2, 0.25) is 0 Å². The summed E-state index contributed by atoms with van der Waals surface area (Å²) < 4.78 is 28.5. The first-order chi connectivity index (χ1) is 7.52. The fourth-order valence-electron chi connectivity index (χ4n) is 1.14. The maximum absolute atomic E-state index is 12.1. The molecule has 0 heterocycles. The monoisotopic (exact) mass is 312 g/mol. The van der Waals surface area contributed by atoms with Crippen LogP contribution in [-0.2, 0) is 11.2 Å². The second-order valence-electron chi connectivity index (χ2n) is 2.98. The number of benzene rings is 1. The predicted molar refractivity (Wildman–Crippen MR) is 60.6 cm³/mol. The van der Waals surface area contributed by atoms with Gasteiger partial charge in [0.25, 0.3) is 0 Å². The Hall–Kier alpha value is -0.680. The van der Waals surface area contributed by atoms with Gasteiger partial charge in [0.05, 0.1) is 5.33 Å². The topological polar surface area (TPSA) is 26.3 Å². The van der Waals surface area contributed by atoms with Crippen LogP contribution in [0, 0.1) is 0 Å². The first-order valence-electron chi connectivity index (χ1n) is 4.34. The Bertz CT molecular complexity index is 385. The van der Waals surface area contributed by atoms with Crippen LogP contribution in [0.2, 0.25) is 5.02 Å². The first-order valence-corrected chi connectivity index (χ1v) is 5.83. The predicted octanol–water partition coefficient (Wildman–Crippen LogP) is 3.45. The Labute approximate surface area is 105 Å². The second-order valence-corrected chi connectivity index (χ2v) is 3.98. The number of Topliss-reactive ketones (excluding diaryl/α,β-unsaturated/α-hetero) is 1. The summed E-state index contributed by atoms with van der Waals surface area (Å²) in [6.45, 7) is -2.93. The van der Waals surface area contributed by atoms with Gasteiger partial charge in [0.15, 0.2) is 0 Å². The number of ketones is 1. The smallest absolute Gasteiger partial charge is 0.387 e. The van der Waals surface area contributed by atoms with Crippen LogP contribution in [0.4, 0.5) is 8.78 Å². The van der Waals surface area contributed by atoms with E-state index in [1.165, 1.54) is 18.2 Å². The number of carbonyl (C=O) groups is 1. The summed E-state index contributed by atoms with van der Waals surface area (Å²) >= 11 is 8.65. The van der Waals surface area contributed by atoms with Crippen LogP contribution in [0.3, 0.4) is 0 Å². The number of ether oxygens (including phenoxy) is 1. The van der Waals surface area contributed by atoms with E-state index in [-0.39, 0.29) is 28.3 Å². The molecular weight excluding hydrogens is 305 g/mol. The van der Waals surface area contributed by atoms with E-state index in [1.807, 2.05) is 0 Å². The third-order valence-electron chi connectivity index (χ3n) is 1.78. The lowest BCUT2D eigenvalue weighted by molar-refractivity contribution is -0.116. The normalized spacial score (nSPS) is 10.6. The molecule has 1 aromatic rings. The Morgan fingerprint density at radius 1 is 1.50 bits per heavy atom. The van der Waals surface area contributed by atoms with Crippen molar-refractivity contribution in [3.05, 3.63) is 28.8 Å². The number of hydrogen-bond acceptors (Lipinski definition) is 2. The summed E-state index contributed by atoms with van der Waals surface area (Å²) in [4.78, 5) is 11.2. The van der Waals surface area contributed by atoms with Gasteiger partial charge in [-0.25, -0.2) is 0 Å². The Morgan fingerprint density at radius 3 is 2.75 bits per heavy atom. The summed E-state index contributed by atoms with van der Waals surface area (Å²) in [6, 6.07) is 4.29. The zero-order chi connectivity index (χ0) is 12.1.